The van der Waals surface area contributed by atoms with Crippen LogP contribution in [0.4, 0.5) is 0 Å². The van der Waals surface area contributed by atoms with Crippen LogP contribution >= 0.6 is 0 Å². The molecule has 0 saturated heterocycles. The van der Waals surface area contributed by atoms with Crippen LogP contribution in [0.5, 0.6) is 0 Å². The van der Waals surface area contributed by atoms with E-state index in [1.165, 1.54) is 5.22 Å². The molecular weight excluding hydrogens is 174 g/mol. The third kappa shape index (κ3) is 0.988. The molecule has 3 nitrogen and oxygen atoms in total. The third-order valence-electron chi connectivity index (χ3n) is 2.40. The van der Waals surface area contributed by atoms with E-state index >= 15 is 0 Å². The fourth-order valence-corrected chi connectivity index (χ4v) is 1.71. The second-order valence-corrected chi connectivity index (χ2v) is 3.27. The number of rotatable bonds is 0. The maximum atomic E-state index is 4.16. The Kier molecular flexibility index (Phi) is 1.50. The van der Waals surface area contributed by atoms with Crippen molar-refractivity contribution in [3.63, 3.8) is 0 Å². The molecule has 0 atom stereocenters. The molecule has 0 aromatic heterocycles. The van der Waals surface area contributed by atoms with Crippen LogP contribution in [0.2, 0.25) is 0 Å². The number of azo groups is 1. The van der Waals surface area contributed by atoms with E-state index < -0.39 is 0 Å². The SMILES string of the molecule is C1=CN2CN=NC2=c2ccccc2=C1. The highest BCUT2D eigenvalue weighted by Crippen LogP contribution is 2.14. The molecule has 0 bridgehead atoms. The minimum absolute atomic E-state index is 0.633. The average Bonchev–Trinajstić information content (AvgIpc) is 2.61. The zero-order chi connectivity index (χ0) is 9.38. The van der Waals surface area contributed by atoms with Gasteiger partial charge in [-0.25, -0.2) is 0 Å². The first-order valence-electron chi connectivity index (χ1n) is 4.57. The summed E-state index contributed by atoms with van der Waals surface area (Å²) < 4.78 is 0. The van der Waals surface area contributed by atoms with E-state index in [1.807, 2.05) is 29.3 Å². The Hall–Kier alpha value is -1.90. The van der Waals surface area contributed by atoms with Crippen molar-refractivity contribution in [2.24, 2.45) is 10.2 Å². The predicted octanol–water partition coefficient (Wildman–Crippen LogP) is 0.785. The lowest BCUT2D eigenvalue weighted by Gasteiger charge is -2.08. The standard InChI is InChI=1S/C11H9N3/c1-2-6-10-9(4-1)5-3-7-14-8-12-13-11(10)14/h1-7H,8H2. The van der Waals surface area contributed by atoms with Gasteiger partial charge < -0.3 is 4.90 Å². The number of nitrogens with zero attached hydrogens (tertiary/aromatic N) is 3. The summed E-state index contributed by atoms with van der Waals surface area (Å²) in [5.41, 5.74) is 0. The molecule has 1 aromatic carbocycles. The molecule has 2 aliphatic heterocycles. The van der Waals surface area contributed by atoms with Gasteiger partial charge in [-0.2, -0.15) is 5.11 Å². The second kappa shape index (κ2) is 2.80. The van der Waals surface area contributed by atoms with Gasteiger partial charge in [-0.3, -0.25) is 0 Å². The van der Waals surface area contributed by atoms with Gasteiger partial charge in [0.2, 0.25) is 0 Å². The van der Waals surface area contributed by atoms with Gasteiger partial charge >= 0.3 is 0 Å². The molecule has 0 N–H and O–H groups in total. The maximum Gasteiger partial charge on any atom is 0.164 e. The van der Waals surface area contributed by atoms with Crippen LogP contribution < -0.4 is 10.4 Å². The summed E-state index contributed by atoms with van der Waals surface area (Å²) in [4.78, 5) is 2.04. The predicted molar refractivity (Wildman–Crippen MR) is 54.3 cm³/mol. The van der Waals surface area contributed by atoms with Crippen molar-refractivity contribution in [3.8, 4) is 0 Å². The molecular formula is C11H9N3. The smallest absolute Gasteiger partial charge is 0.164 e. The first kappa shape index (κ1) is 7.50. The van der Waals surface area contributed by atoms with Crippen molar-refractivity contribution in [3.05, 3.63) is 47.0 Å². The summed E-state index contributed by atoms with van der Waals surface area (Å²) in [6, 6.07) is 8.22. The van der Waals surface area contributed by atoms with Crippen LogP contribution in [0.15, 0.2) is 46.8 Å². The molecule has 0 saturated carbocycles. The summed E-state index contributed by atoms with van der Waals surface area (Å²) in [6.45, 7) is 0.633. The fraction of sp³-hybridized carbons (Fsp3) is 0.0909. The van der Waals surface area contributed by atoms with Crippen molar-refractivity contribution < 1.29 is 0 Å². The van der Waals surface area contributed by atoms with E-state index in [0.717, 1.165) is 11.0 Å². The van der Waals surface area contributed by atoms with Gasteiger partial charge in [0.15, 0.2) is 5.82 Å². The highest BCUT2D eigenvalue weighted by molar-refractivity contribution is 5.51. The van der Waals surface area contributed by atoms with Crippen molar-refractivity contribution in [2.45, 2.75) is 0 Å². The van der Waals surface area contributed by atoms with Gasteiger partial charge in [-0.1, -0.05) is 30.3 Å². The van der Waals surface area contributed by atoms with Gasteiger partial charge in [0.05, 0.1) is 0 Å². The quantitative estimate of drug-likeness (QED) is 0.584. The molecule has 3 rings (SSSR count). The van der Waals surface area contributed by atoms with Gasteiger partial charge in [0, 0.05) is 11.4 Å². The average molecular weight is 183 g/mol. The summed E-state index contributed by atoms with van der Waals surface area (Å²) in [5.74, 6) is 0.950. The fourth-order valence-electron chi connectivity index (χ4n) is 1.71. The molecule has 0 aliphatic carbocycles. The largest absolute Gasteiger partial charge is 0.309 e. The van der Waals surface area contributed by atoms with Crippen LogP contribution in [0.25, 0.3) is 11.9 Å². The number of hydrogen-bond acceptors (Lipinski definition) is 3. The number of allylic oxidation sites excluding steroid dienone is 1. The Labute approximate surface area is 81.4 Å². The van der Waals surface area contributed by atoms with Crippen LogP contribution in [0.3, 0.4) is 0 Å². The molecule has 1 aromatic rings. The van der Waals surface area contributed by atoms with Crippen LogP contribution in [-0.2, 0) is 0 Å². The molecule has 0 radical (unpaired) electrons. The Bertz CT molecular complexity index is 540. The molecule has 14 heavy (non-hydrogen) atoms. The topological polar surface area (TPSA) is 28.0 Å². The molecule has 2 heterocycles. The first-order valence-corrected chi connectivity index (χ1v) is 4.57. The minimum Gasteiger partial charge on any atom is -0.309 e. The minimum atomic E-state index is 0.633. The number of benzene rings is 1. The van der Waals surface area contributed by atoms with E-state index in [9.17, 15) is 0 Å². The van der Waals surface area contributed by atoms with Gasteiger partial charge in [-0.05, 0) is 11.3 Å². The van der Waals surface area contributed by atoms with Crippen LogP contribution in [0.1, 0.15) is 0 Å². The zero-order valence-electron chi connectivity index (χ0n) is 7.59. The van der Waals surface area contributed by atoms with Gasteiger partial charge in [-0.15, -0.1) is 5.11 Å². The molecule has 0 fully saturated rings. The van der Waals surface area contributed by atoms with Gasteiger partial charge in [0.1, 0.15) is 6.67 Å². The molecule has 3 heteroatoms. The lowest BCUT2D eigenvalue weighted by Crippen LogP contribution is -2.28. The summed E-state index contributed by atoms with van der Waals surface area (Å²) in [7, 11) is 0. The number of hydrogen-bond donors (Lipinski definition) is 0. The Morgan fingerprint density at radius 3 is 3.14 bits per heavy atom. The Balaban J connectivity index is 2.46. The highest BCUT2D eigenvalue weighted by Gasteiger charge is 2.13. The lowest BCUT2D eigenvalue weighted by molar-refractivity contribution is 0.577. The lowest BCUT2D eigenvalue weighted by atomic mass is 10.2. The van der Waals surface area contributed by atoms with Crippen molar-refractivity contribution >= 4 is 11.9 Å². The van der Waals surface area contributed by atoms with Crippen molar-refractivity contribution in [1.29, 1.82) is 0 Å². The summed E-state index contributed by atoms with van der Waals surface area (Å²) >= 11 is 0. The maximum absolute atomic E-state index is 4.16. The van der Waals surface area contributed by atoms with Crippen LogP contribution in [0, 0.1) is 0 Å². The highest BCUT2D eigenvalue weighted by atomic mass is 15.4. The Morgan fingerprint density at radius 2 is 2.14 bits per heavy atom. The summed E-state index contributed by atoms with van der Waals surface area (Å²) in [5, 5.41) is 10.5. The molecule has 0 amide bonds. The van der Waals surface area contributed by atoms with E-state index in [0.29, 0.717) is 6.67 Å². The normalized spacial score (nSPS) is 17.4. The molecule has 68 valence electrons. The van der Waals surface area contributed by atoms with Crippen molar-refractivity contribution in [2.75, 3.05) is 6.67 Å². The zero-order valence-corrected chi connectivity index (χ0v) is 7.59. The van der Waals surface area contributed by atoms with Gasteiger partial charge in [0.25, 0.3) is 0 Å². The monoisotopic (exact) mass is 183 g/mol. The van der Waals surface area contributed by atoms with Crippen LogP contribution in [-0.4, -0.2) is 11.6 Å². The summed E-state index contributed by atoms with van der Waals surface area (Å²) in [6.07, 6.45) is 6.13. The second-order valence-electron chi connectivity index (χ2n) is 3.27. The van der Waals surface area contributed by atoms with E-state index in [-0.39, 0.29) is 0 Å². The number of fused-ring (bicyclic) bond motifs is 2. The first-order chi connectivity index (χ1) is 6.95. The van der Waals surface area contributed by atoms with E-state index in [1.54, 1.807) is 0 Å². The van der Waals surface area contributed by atoms with E-state index in [4.69, 9.17) is 0 Å². The van der Waals surface area contributed by atoms with Crippen molar-refractivity contribution in [1.82, 2.24) is 4.90 Å². The molecule has 0 spiro atoms. The molecule has 2 aliphatic rings. The third-order valence-corrected chi connectivity index (χ3v) is 2.40. The van der Waals surface area contributed by atoms with E-state index in [2.05, 4.69) is 28.4 Å². The Morgan fingerprint density at radius 1 is 1.21 bits per heavy atom. The molecule has 0 unspecified atom stereocenters.